The molecule has 2 N–H and O–H groups in total. The predicted octanol–water partition coefficient (Wildman–Crippen LogP) is 0.662. The molecule has 1 saturated heterocycles. The third kappa shape index (κ3) is 4.22. The Morgan fingerprint density at radius 1 is 1.50 bits per heavy atom. The van der Waals surface area contributed by atoms with Gasteiger partial charge in [-0.2, -0.15) is 17.4 Å². The summed E-state index contributed by atoms with van der Waals surface area (Å²) in [6.45, 7) is 6.64. The first-order valence-corrected chi connectivity index (χ1v) is 7.66. The third-order valence-corrected chi connectivity index (χ3v) is 4.62. The second-order valence-corrected chi connectivity index (χ2v) is 7.10. The fourth-order valence-electron chi connectivity index (χ4n) is 2.04. The molecule has 1 aliphatic rings. The van der Waals surface area contributed by atoms with Gasteiger partial charge in [0.05, 0.1) is 0 Å². The van der Waals surface area contributed by atoms with Gasteiger partial charge in [-0.25, -0.2) is 0 Å². The number of carbonyl (C=O) groups is 1. The second kappa shape index (κ2) is 5.99. The summed E-state index contributed by atoms with van der Waals surface area (Å²) in [6, 6.07) is -1.05. The molecule has 7 heteroatoms. The van der Waals surface area contributed by atoms with Crippen molar-refractivity contribution in [3.8, 4) is 0 Å². The van der Waals surface area contributed by atoms with Crippen LogP contribution in [0.1, 0.15) is 33.6 Å². The zero-order chi connectivity index (χ0) is 13.9. The van der Waals surface area contributed by atoms with Crippen LogP contribution in [0.15, 0.2) is 0 Å². The minimum absolute atomic E-state index is 0.117. The molecule has 0 radical (unpaired) electrons. The molecule has 0 amide bonds. The van der Waals surface area contributed by atoms with Gasteiger partial charge in [0.2, 0.25) is 0 Å². The zero-order valence-corrected chi connectivity index (χ0v) is 11.9. The number of carboxylic acid groups (broad SMARTS) is 1. The Kier molecular flexibility index (Phi) is 5.12. The van der Waals surface area contributed by atoms with Crippen LogP contribution in [0, 0.1) is 11.8 Å². The fraction of sp³-hybridized carbons (Fsp3) is 0.909. The van der Waals surface area contributed by atoms with E-state index < -0.39 is 22.2 Å². The molecule has 6 nitrogen and oxygen atoms in total. The Morgan fingerprint density at radius 3 is 2.50 bits per heavy atom. The Labute approximate surface area is 109 Å². The molecule has 0 spiro atoms. The molecule has 106 valence electrons. The first-order valence-electron chi connectivity index (χ1n) is 6.22. The highest BCUT2D eigenvalue weighted by Crippen LogP contribution is 2.18. The van der Waals surface area contributed by atoms with Crippen molar-refractivity contribution < 1.29 is 18.3 Å². The maximum atomic E-state index is 12.0. The minimum atomic E-state index is -3.68. The molecular weight excluding hydrogens is 256 g/mol. The van der Waals surface area contributed by atoms with Crippen molar-refractivity contribution in [3.63, 3.8) is 0 Å². The van der Waals surface area contributed by atoms with Crippen molar-refractivity contribution in [3.05, 3.63) is 0 Å². The van der Waals surface area contributed by atoms with Crippen LogP contribution in [0.4, 0.5) is 0 Å². The van der Waals surface area contributed by atoms with Crippen molar-refractivity contribution in [2.24, 2.45) is 11.8 Å². The van der Waals surface area contributed by atoms with E-state index in [2.05, 4.69) is 4.72 Å². The fourth-order valence-corrected chi connectivity index (χ4v) is 3.54. The van der Waals surface area contributed by atoms with E-state index in [4.69, 9.17) is 5.11 Å². The van der Waals surface area contributed by atoms with E-state index in [9.17, 15) is 13.2 Å². The summed E-state index contributed by atoms with van der Waals surface area (Å²) in [7, 11) is -3.68. The van der Waals surface area contributed by atoms with Crippen LogP contribution in [-0.2, 0) is 15.0 Å². The number of hydrogen-bond acceptors (Lipinski definition) is 3. The molecule has 0 aromatic carbocycles. The summed E-state index contributed by atoms with van der Waals surface area (Å²) < 4.78 is 27.7. The predicted molar refractivity (Wildman–Crippen MR) is 68.3 cm³/mol. The molecule has 2 atom stereocenters. The summed E-state index contributed by atoms with van der Waals surface area (Å²) in [6.07, 6.45) is 1.11. The van der Waals surface area contributed by atoms with Gasteiger partial charge in [0.15, 0.2) is 0 Å². The van der Waals surface area contributed by atoms with Gasteiger partial charge >= 0.3 is 5.97 Å². The standard InChI is InChI=1S/C11H22N2O4S/c1-8(2)6-10(11(14)15)12-18(16,17)13-5-4-9(3)7-13/h8-10,12H,4-7H2,1-3H3,(H,14,15)/t9?,10-/m1/s1. The van der Waals surface area contributed by atoms with E-state index in [0.717, 1.165) is 6.42 Å². The lowest BCUT2D eigenvalue weighted by Gasteiger charge is -2.21. The van der Waals surface area contributed by atoms with Gasteiger partial charge in [0.1, 0.15) is 6.04 Å². The van der Waals surface area contributed by atoms with Crippen molar-refractivity contribution in [1.29, 1.82) is 0 Å². The summed E-state index contributed by atoms with van der Waals surface area (Å²) in [5.74, 6) is -0.680. The summed E-state index contributed by atoms with van der Waals surface area (Å²) in [5.41, 5.74) is 0. The van der Waals surface area contributed by atoms with Crippen molar-refractivity contribution in [2.45, 2.75) is 39.7 Å². The molecule has 0 bridgehead atoms. The smallest absolute Gasteiger partial charge is 0.321 e. The van der Waals surface area contributed by atoms with Crippen molar-refractivity contribution in [1.82, 2.24) is 9.03 Å². The number of rotatable bonds is 6. The van der Waals surface area contributed by atoms with E-state index in [1.54, 1.807) is 0 Å². The molecule has 1 rings (SSSR count). The lowest BCUT2D eigenvalue weighted by Crippen LogP contribution is -2.48. The van der Waals surface area contributed by atoms with E-state index >= 15 is 0 Å². The largest absolute Gasteiger partial charge is 0.480 e. The van der Waals surface area contributed by atoms with Crippen LogP contribution in [0.25, 0.3) is 0 Å². The molecule has 1 fully saturated rings. The van der Waals surface area contributed by atoms with Gasteiger partial charge < -0.3 is 5.11 Å². The van der Waals surface area contributed by atoms with Crippen LogP contribution in [0.2, 0.25) is 0 Å². The summed E-state index contributed by atoms with van der Waals surface area (Å²) in [5, 5.41) is 9.03. The first kappa shape index (κ1) is 15.4. The summed E-state index contributed by atoms with van der Waals surface area (Å²) in [4.78, 5) is 11.0. The van der Waals surface area contributed by atoms with Gasteiger partial charge in [0.25, 0.3) is 10.2 Å². The van der Waals surface area contributed by atoms with Crippen molar-refractivity contribution >= 4 is 16.2 Å². The molecule has 0 aromatic rings. The molecule has 0 aliphatic carbocycles. The van der Waals surface area contributed by atoms with Gasteiger partial charge in [-0.3, -0.25) is 4.79 Å². The van der Waals surface area contributed by atoms with Gasteiger partial charge in [-0.05, 0) is 24.7 Å². The Hall–Kier alpha value is -0.660. The normalized spacial score (nSPS) is 23.4. The van der Waals surface area contributed by atoms with Crippen LogP contribution < -0.4 is 4.72 Å². The lowest BCUT2D eigenvalue weighted by molar-refractivity contribution is -0.139. The quantitative estimate of drug-likeness (QED) is 0.747. The molecule has 1 unspecified atom stereocenters. The summed E-state index contributed by atoms with van der Waals surface area (Å²) >= 11 is 0. The van der Waals surface area contributed by atoms with Gasteiger partial charge in [-0.15, -0.1) is 0 Å². The molecule has 0 aromatic heterocycles. The average Bonchev–Trinajstić information content (AvgIpc) is 2.63. The highest BCUT2D eigenvalue weighted by Gasteiger charge is 2.33. The Bertz CT molecular complexity index is 394. The average molecular weight is 278 g/mol. The monoisotopic (exact) mass is 278 g/mol. The van der Waals surface area contributed by atoms with Crippen molar-refractivity contribution in [2.75, 3.05) is 13.1 Å². The lowest BCUT2D eigenvalue weighted by atomic mass is 10.1. The topological polar surface area (TPSA) is 86.7 Å². The maximum absolute atomic E-state index is 12.0. The number of aliphatic carboxylic acids is 1. The van der Waals surface area contributed by atoms with E-state index in [-0.39, 0.29) is 12.3 Å². The molecule has 0 saturated carbocycles. The molecule has 18 heavy (non-hydrogen) atoms. The number of nitrogens with zero attached hydrogens (tertiary/aromatic N) is 1. The van der Waals surface area contributed by atoms with E-state index in [1.165, 1.54) is 4.31 Å². The second-order valence-electron chi connectivity index (χ2n) is 5.40. The van der Waals surface area contributed by atoms with Crippen LogP contribution >= 0.6 is 0 Å². The third-order valence-electron chi connectivity index (χ3n) is 3.02. The number of carboxylic acids is 1. The molecule has 1 heterocycles. The van der Waals surface area contributed by atoms with E-state index in [0.29, 0.717) is 19.0 Å². The Morgan fingerprint density at radius 2 is 2.11 bits per heavy atom. The number of hydrogen-bond donors (Lipinski definition) is 2. The number of nitrogens with one attached hydrogen (secondary N) is 1. The molecule has 1 aliphatic heterocycles. The maximum Gasteiger partial charge on any atom is 0.321 e. The van der Waals surface area contributed by atoms with Crippen LogP contribution in [0.3, 0.4) is 0 Å². The first-order chi connectivity index (χ1) is 8.22. The van der Waals surface area contributed by atoms with Gasteiger partial charge in [-0.1, -0.05) is 20.8 Å². The highest BCUT2D eigenvalue weighted by molar-refractivity contribution is 7.87. The zero-order valence-electron chi connectivity index (χ0n) is 11.1. The molecular formula is C11H22N2O4S. The van der Waals surface area contributed by atoms with E-state index in [1.807, 2.05) is 20.8 Å². The van der Waals surface area contributed by atoms with Crippen LogP contribution in [0.5, 0.6) is 0 Å². The Balaban J connectivity index is 2.70. The highest BCUT2D eigenvalue weighted by atomic mass is 32.2. The van der Waals surface area contributed by atoms with Gasteiger partial charge in [0, 0.05) is 13.1 Å². The van der Waals surface area contributed by atoms with Crippen LogP contribution in [-0.4, -0.2) is 42.9 Å². The minimum Gasteiger partial charge on any atom is -0.480 e. The SMILES string of the molecule is CC(C)C[C@@H](NS(=O)(=O)N1CCC(C)C1)C(=O)O.